The number of rotatable bonds is 0. The van der Waals surface area contributed by atoms with Gasteiger partial charge in [0.15, 0.2) is 0 Å². The first-order valence-corrected chi connectivity index (χ1v) is 1.95. The molecule has 0 aromatic heterocycles. The predicted octanol–water partition coefficient (Wildman–Crippen LogP) is 2.35. The van der Waals surface area contributed by atoms with Crippen LogP contribution in [-0.2, 0) is 0 Å². The summed E-state index contributed by atoms with van der Waals surface area (Å²) in [6.07, 6.45) is -4.86. The van der Waals surface area contributed by atoms with Gasteiger partial charge < -0.3 is 0 Å². The smallest absolute Gasteiger partial charge is 0.168 e. The van der Waals surface area contributed by atoms with Crippen LogP contribution in [0.15, 0.2) is 0 Å². The summed E-state index contributed by atoms with van der Waals surface area (Å²) < 4.78 is 39.3. The number of hydrogen-bond donors (Lipinski definition) is 0. The van der Waals surface area contributed by atoms with E-state index in [9.17, 15) is 13.2 Å². The Bertz CT molecular complexity index is 70.3. The van der Waals surface area contributed by atoms with E-state index in [2.05, 4.69) is 23.2 Å². The van der Waals surface area contributed by atoms with Crippen LogP contribution in [0.25, 0.3) is 0 Å². The van der Waals surface area contributed by atoms with Crippen LogP contribution in [0, 0.1) is 0 Å². The number of alkyl halides is 5. The fourth-order valence-electron chi connectivity index (χ4n) is 0. The molecule has 0 atom stereocenters. The van der Waals surface area contributed by atoms with E-state index in [1.165, 1.54) is 0 Å². The van der Waals surface area contributed by atoms with E-state index in [0.717, 1.165) is 0 Å². The number of hydrogen-bond acceptors (Lipinski definition) is 0. The molecule has 0 N–H and O–H groups in total. The maximum Gasteiger partial charge on any atom is 0.418 e. The van der Waals surface area contributed by atoms with Gasteiger partial charge >= 0.3 is 6.18 Å². The molecule has 0 saturated heterocycles. The Hall–Kier alpha value is 0.370. The molecule has 0 nitrogen and oxygen atoms in total. The van der Waals surface area contributed by atoms with Crippen LogP contribution in [0.4, 0.5) is 13.2 Å². The van der Waals surface area contributed by atoms with Gasteiger partial charge in [0.25, 0.3) is 0 Å². The Morgan fingerprint density at radius 2 is 1.57 bits per heavy atom. The molecular formula is C2HCl2F3. The van der Waals surface area contributed by atoms with Gasteiger partial charge in [-0.25, -0.2) is 0 Å². The van der Waals surface area contributed by atoms with Crippen LogP contribution in [0.5, 0.6) is 0 Å². The van der Waals surface area contributed by atoms with Crippen LogP contribution < -0.4 is 0 Å². The Morgan fingerprint density at radius 1 is 1.43 bits per heavy atom. The second kappa shape index (κ2) is 2.09. The summed E-state index contributed by atoms with van der Waals surface area (Å²) >= 11 is 8.63. The number of halogens is 5. The molecule has 7 heavy (non-hydrogen) atoms. The highest BCUT2D eigenvalue weighted by atomic mass is 35.5. The quantitative estimate of drug-likeness (QED) is 0.469. The van der Waals surface area contributed by atoms with Crippen molar-refractivity contribution in [3.63, 3.8) is 0 Å². The molecule has 0 saturated carbocycles. The maximum atomic E-state index is 11.1. The van der Waals surface area contributed by atoms with Gasteiger partial charge in [-0.2, -0.15) is 13.2 Å². The van der Waals surface area contributed by atoms with Gasteiger partial charge in [-0.15, -0.1) is 0 Å². The Kier molecular flexibility index (Phi) is 1.65. The summed E-state index contributed by atoms with van der Waals surface area (Å²) in [6.45, 7) is 0. The van der Waals surface area contributed by atoms with E-state index < -0.39 is 11.0 Å². The van der Waals surface area contributed by atoms with Crippen molar-refractivity contribution in [2.24, 2.45) is 0 Å². The average Bonchev–Trinajstić information content (AvgIpc) is 1.25. The molecule has 0 heterocycles. The first kappa shape index (κ1) is 5.51. The molecule has 5 heteroatoms. The average molecular weight is 154 g/mol. The monoisotopic (exact) mass is 153 g/mol. The second-order valence-electron chi connectivity index (χ2n) is 0.758. The molecule has 0 aliphatic carbocycles. The second-order valence-corrected chi connectivity index (χ2v) is 1.71. The fourth-order valence-corrected chi connectivity index (χ4v) is 0. The van der Waals surface area contributed by atoms with E-state index in [1.54, 1.807) is 0 Å². The standard InChI is InChI=1S/C2HCl2F3/c3-1(4)2(5,6)7/h1H/i1D. The van der Waals surface area contributed by atoms with Gasteiger partial charge in [-0.1, -0.05) is 23.2 Å². The minimum absolute atomic E-state index is 3.37. The molecule has 0 amide bonds. The zero-order chi connectivity index (χ0) is 7.00. The van der Waals surface area contributed by atoms with Gasteiger partial charge in [-0.05, 0) is 0 Å². The van der Waals surface area contributed by atoms with Gasteiger partial charge in [-0.3, -0.25) is 0 Å². The summed E-state index contributed by atoms with van der Waals surface area (Å²) in [7, 11) is 0. The lowest BCUT2D eigenvalue weighted by Crippen LogP contribution is -2.16. The van der Waals surface area contributed by atoms with Crippen LogP contribution in [-0.4, -0.2) is 11.0 Å². The molecule has 0 spiro atoms. The van der Waals surface area contributed by atoms with Crippen molar-refractivity contribution in [2.75, 3.05) is 0 Å². The summed E-state index contributed by atoms with van der Waals surface area (Å²) in [5.74, 6) is 0. The Labute approximate surface area is 49.6 Å². The first-order chi connectivity index (χ1) is 3.25. The third kappa shape index (κ3) is 3.00. The first-order valence-electron chi connectivity index (χ1n) is 1.69. The summed E-state index contributed by atoms with van der Waals surface area (Å²) in [6, 6.07) is 0. The molecule has 0 unspecified atom stereocenters. The summed E-state index contributed by atoms with van der Waals surface area (Å²) in [5.41, 5.74) is 0. The van der Waals surface area contributed by atoms with E-state index >= 15 is 0 Å². The predicted molar refractivity (Wildman–Crippen MR) is 21.5 cm³/mol. The molecular weight excluding hydrogens is 152 g/mol. The SMILES string of the molecule is [2H]C(Cl)(Cl)C(F)(F)F. The van der Waals surface area contributed by atoms with Crippen LogP contribution >= 0.6 is 23.2 Å². The van der Waals surface area contributed by atoms with Crippen molar-refractivity contribution >= 4 is 23.2 Å². The molecule has 0 aliphatic rings. The van der Waals surface area contributed by atoms with Gasteiger partial charge in [0.05, 0.1) is 1.37 Å². The zero-order valence-electron chi connectivity index (χ0n) is 3.89. The van der Waals surface area contributed by atoms with E-state index in [0.29, 0.717) is 0 Å². The Balaban J connectivity index is 4.02. The van der Waals surface area contributed by atoms with E-state index in [4.69, 9.17) is 1.37 Å². The molecule has 0 aliphatic heterocycles. The van der Waals surface area contributed by atoms with Crippen molar-refractivity contribution in [3.8, 4) is 0 Å². The van der Waals surface area contributed by atoms with Crippen molar-refractivity contribution in [1.82, 2.24) is 0 Å². The topological polar surface area (TPSA) is 0 Å². The minimum Gasteiger partial charge on any atom is -0.168 e. The summed E-state index contributed by atoms with van der Waals surface area (Å²) in [4.78, 5) is -3.37. The lowest BCUT2D eigenvalue weighted by Gasteiger charge is -2.03. The highest BCUT2D eigenvalue weighted by molar-refractivity contribution is 6.44. The van der Waals surface area contributed by atoms with E-state index in [1.807, 2.05) is 0 Å². The van der Waals surface area contributed by atoms with Crippen LogP contribution in [0.3, 0.4) is 0 Å². The molecule has 0 fully saturated rings. The molecule has 0 aromatic rings. The Morgan fingerprint density at radius 3 is 1.57 bits per heavy atom. The van der Waals surface area contributed by atoms with Crippen molar-refractivity contribution < 1.29 is 14.5 Å². The minimum atomic E-state index is -4.86. The summed E-state index contributed by atoms with van der Waals surface area (Å²) in [5, 5.41) is 0. The lowest BCUT2D eigenvalue weighted by atomic mass is 10.8. The lowest BCUT2D eigenvalue weighted by molar-refractivity contribution is -0.115. The van der Waals surface area contributed by atoms with E-state index in [-0.39, 0.29) is 0 Å². The highest BCUT2D eigenvalue weighted by Crippen LogP contribution is 2.26. The van der Waals surface area contributed by atoms with Crippen LogP contribution in [0.1, 0.15) is 1.37 Å². The van der Waals surface area contributed by atoms with Crippen LogP contribution in [0.2, 0.25) is 0 Å². The van der Waals surface area contributed by atoms with Gasteiger partial charge in [0, 0.05) is 0 Å². The highest BCUT2D eigenvalue weighted by Gasteiger charge is 2.36. The maximum absolute atomic E-state index is 11.1. The molecule has 0 radical (unpaired) electrons. The fraction of sp³-hybridized carbons (Fsp3) is 1.00. The van der Waals surface area contributed by atoms with Crippen molar-refractivity contribution in [1.29, 1.82) is 0 Å². The largest absolute Gasteiger partial charge is 0.418 e. The third-order valence-corrected chi connectivity index (χ3v) is 0.643. The van der Waals surface area contributed by atoms with Gasteiger partial charge in [0.2, 0.25) is 4.81 Å². The van der Waals surface area contributed by atoms with Crippen molar-refractivity contribution in [2.45, 2.75) is 11.0 Å². The van der Waals surface area contributed by atoms with Gasteiger partial charge in [0.1, 0.15) is 0 Å². The molecule has 0 rings (SSSR count). The normalized spacial score (nSPS) is 16.4. The molecule has 0 aromatic carbocycles. The third-order valence-electron chi connectivity index (χ3n) is 0.214. The zero-order valence-corrected chi connectivity index (χ0v) is 4.40. The molecule has 0 bridgehead atoms. The van der Waals surface area contributed by atoms with Crippen molar-refractivity contribution in [3.05, 3.63) is 0 Å². The molecule has 44 valence electrons.